The number of nitrogens with one attached hydrogen (secondary N) is 2. The SMILES string of the molecule is CO[SiH](CCCCNCCNCCN)OC. The topological polar surface area (TPSA) is 68.5 Å². The molecule has 0 rings (SSSR count). The van der Waals surface area contributed by atoms with Crippen LogP contribution in [-0.4, -0.2) is 56.2 Å². The molecule has 0 bridgehead atoms. The van der Waals surface area contributed by atoms with Crippen LogP contribution < -0.4 is 16.4 Å². The van der Waals surface area contributed by atoms with Crippen LogP contribution in [0.3, 0.4) is 0 Å². The van der Waals surface area contributed by atoms with Crippen molar-refractivity contribution >= 4 is 9.28 Å². The van der Waals surface area contributed by atoms with Crippen LogP contribution in [0.2, 0.25) is 6.04 Å². The van der Waals surface area contributed by atoms with Crippen LogP contribution in [0.1, 0.15) is 12.8 Å². The molecule has 0 saturated heterocycles. The Morgan fingerprint density at radius 2 is 1.56 bits per heavy atom. The number of unbranched alkanes of at least 4 members (excludes halogenated alkanes) is 1. The van der Waals surface area contributed by atoms with E-state index in [1.807, 2.05) is 0 Å². The fraction of sp³-hybridized carbons (Fsp3) is 1.00. The lowest BCUT2D eigenvalue weighted by atomic mass is 10.3. The highest BCUT2D eigenvalue weighted by atomic mass is 28.3. The summed E-state index contributed by atoms with van der Waals surface area (Å²) in [6, 6.07) is 1.10. The van der Waals surface area contributed by atoms with Gasteiger partial charge in [0.05, 0.1) is 0 Å². The number of nitrogens with two attached hydrogens (primary N) is 1. The van der Waals surface area contributed by atoms with Crippen LogP contribution in [0, 0.1) is 0 Å². The van der Waals surface area contributed by atoms with Gasteiger partial charge in [-0.1, -0.05) is 6.42 Å². The van der Waals surface area contributed by atoms with E-state index >= 15 is 0 Å². The van der Waals surface area contributed by atoms with E-state index in [-0.39, 0.29) is 0 Å². The first-order valence-corrected chi connectivity index (χ1v) is 7.78. The van der Waals surface area contributed by atoms with E-state index in [9.17, 15) is 0 Å². The van der Waals surface area contributed by atoms with Crippen molar-refractivity contribution in [2.24, 2.45) is 5.73 Å². The molecule has 0 atom stereocenters. The second-order valence-electron chi connectivity index (χ2n) is 3.69. The molecule has 0 aromatic carbocycles. The van der Waals surface area contributed by atoms with Crippen molar-refractivity contribution in [3.63, 3.8) is 0 Å². The molecule has 6 heteroatoms. The van der Waals surface area contributed by atoms with Gasteiger partial charge in [-0.2, -0.15) is 0 Å². The molecule has 0 amide bonds. The maximum absolute atomic E-state index is 5.36. The Labute approximate surface area is 101 Å². The lowest BCUT2D eigenvalue weighted by Gasteiger charge is -2.10. The molecule has 0 aliphatic rings. The van der Waals surface area contributed by atoms with Crippen LogP contribution >= 0.6 is 0 Å². The van der Waals surface area contributed by atoms with Crippen LogP contribution in [-0.2, 0) is 8.85 Å². The lowest BCUT2D eigenvalue weighted by Crippen LogP contribution is -2.31. The van der Waals surface area contributed by atoms with Crippen LogP contribution in [0.25, 0.3) is 0 Å². The molecule has 0 fully saturated rings. The minimum absolute atomic E-state index is 0.708. The minimum Gasteiger partial charge on any atom is -0.400 e. The molecule has 0 heterocycles. The summed E-state index contributed by atoms with van der Waals surface area (Å²) in [5.74, 6) is 0. The fourth-order valence-electron chi connectivity index (χ4n) is 1.42. The Balaban J connectivity index is 3.03. The zero-order valence-corrected chi connectivity index (χ0v) is 11.8. The predicted molar refractivity (Wildman–Crippen MR) is 70.0 cm³/mol. The molecule has 0 spiro atoms. The van der Waals surface area contributed by atoms with Gasteiger partial charge in [-0.05, 0) is 19.0 Å². The summed E-state index contributed by atoms with van der Waals surface area (Å²) in [6.07, 6.45) is 2.37. The van der Waals surface area contributed by atoms with Crippen molar-refractivity contribution < 1.29 is 8.85 Å². The van der Waals surface area contributed by atoms with E-state index in [0.29, 0.717) is 6.54 Å². The van der Waals surface area contributed by atoms with Crippen LogP contribution in [0.15, 0.2) is 0 Å². The Hall–Kier alpha value is 0.0169. The molecule has 0 radical (unpaired) electrons. The van der Waals surface area contributed by atoms with Gasteiger partial charge in [0.1, 0.15) is 0 Å². The van der Waals surface area contributed by atoms with Crippen molar-refractivity contribution in [3.8, 4) is 0 Å². The summed E-state index contributed by atoms with van der Waals surface area (Å²) in [5.41, 5.74) is 5.36. The lowest BCUT2D eigenvalue weighted by molar-refractivity contribution is 0.276. The van der Waals surface area contributed by atoms with Crippen LogP contribution in [0.4, 0.5) is 0 Å². The molecule has 0 aromatic rings. The number of rotatable bonds is 12. The predicted octanol–water partition coefficient (Wildman–Crippen LogP) is -0.582. The monoisotopic (exact) mass is 249 g/mol. The third-order valence-corrected chi connectivity index (χ3v) is 4.30. The van der Waals surface area contributed by atoms with E-state index in [4.69, 9.17) is 14.6 Å². The summed E-state index contributed by atoms with van der Waals surface area (Å²) in [6.45, 7) is 4.68. The van der Waals surface area contributed by atoms with Gasteiger partial charge in [0, 0.05) is 40.4 Å². The fourth-order valence-corrected chi connectivity index (χ4v) is 2.71. The van der Waals surface area contributed by atoms with Gasteiger partial charge < -0.3 is 25.2 Å². The molecular formula is C10H27N3O2Si. The van der Waals surface area contributed by atoms with E-state index in [0.717, 1.165) is 32.2 Å². The zero-order valence-electron chi connectivity index (χ0n) is 10.6. The van der Waals surface area contributed by atoms with Crippen molar-refractivity contribution in [3.05, 3.63) is 0 Å². The van der Waals surface area contributed by atoms with Gasteiger partial charge in [0.25, 0.3) is 0 Å². The molecule has 5 nitrogen and oxygen atoms in total. The molecule has 0 aliphatic carbocycles. The molecule has 16 heavy (non-hydrogen) atoms. The van der Waals surface area contributed by atoms with Gasteiger partial charge in [0.2, 0.25) is 0 Å². The summed E-state index contributed by atoms with van der Waals surface area (Å²) in [4.78, 5) is 0. The van der Waals surface area contributed by atoms with Gasteiger partial charge in [-0.25, -0.2) is 0 Å². The van der Waals surface area contributed by atoms with Crippen molar-refractivity contribution in [2.75, 3.05) is 46.9 Å². The Morgan fingerprint density at radius 3 is 2.12 bits per heavy atom. The van der Waals surface area contributed by atoms with E-state index in [1.54, 1.807) is 14.2 Å². The maximum atomic E-state index is 5.36. The van der Waals surface area contributed by atoms with Gasteiger partial charge in [-0.3, -0.25) is 0 Å². The second-order valence-corrected chi connectivity index (χ2v) is 6.06. The highest BCUT2D eigenvalue weighted by Gasteiger charge is 2.07. The van der Waals surface area contributed by atoms with Gasteiger partial charge in [-0.15, -0.1) is 0 Å². The van der Waals surface area contributed by atoms with E-state index in [2.05, 4.69) is 10.6 Å². The Kier molecular flexibility index (Phi) is 13.1. The second kappa shape index (κ2) is 13.1. The molecular weight excluding hydrogens is 222 g/mol. The van der Waals surface area contributed by atoms with Crippen molar-refractivity contribution in [1.29, 1.82) is 0 Å². The summed E-state index contributed by atoms with van der Waals surface area (Å²) in [7, 11) is 2.16. The quantitative estimate of drug-likeness (QED) is 0.319. The Morgan fingerprint density at radius 1 is 0.938 bits per heavy atom. The maximum Gasteiger partial charge on any atom is 0.320 e. The molecule has 0 unspecified atom stereocenters. The zero-order chi connectivity index (χ0) is 12.1. The molecule has 0 saturated carbocycles. The Bertz CT molecular complexity index is 137. The average molecular weight is 249 g/mol. The smallest absolute Gasteiger partial charge is 0.320 e. The summed E-state index contributed by atoms with van der Waals surface area (Å²) < 4.78 is 10.5. The standard InChI is InChI=1S/C10H27N3O2Si/c1-14-16(15-2)10-4-3-6-12-8-9-13-7-5-11/h12-13,16H,3-11H2,1-2H3. The number of hydrogen-bond acceptors (Lipinski definition) is 5. The summed E-state index contributed by atoms with van der Waals surface area (Å²) in [5, 5.41) is 6.63. The molecule has 4 N–H and O–H groups in total. The average Bonchev–Trinajstić information content (AvgIpc) is 2.32. The van der Waals surface area contributed by atoms with E-state index < -0.39 is 9.28 Å². The highest BCUT2D eigenvalue weighted by molar-refractivity contribution is 6.44. The van der Waals surface area contributed by atoms with E-state index in [1.165, 1.54) is 12.8 Å². The normalized spacial score (nSPS) is 11.2. The summed E-state index contributed by atoms with van der Waals surface area (Å²) >= 11 is 0. The minimum atomic E-state index is -1.32. The highest BCUT2D eigenvalue weighted by Crippen LogP contribution is 2.01. The first-order chi connectivity index (χ1) is 7.85. The molecule has 98 valence electrons. The first-order valence-electron chi connectivity index (χ1n) is 6.02. The first kappa shape index (κ1) is 16.0. The van der Waals surface area contributed by atoms with Crippen molar-refractivity contribution in [2.45, 2.75) is 18.9 Å². The largest absolute Gasteiger partial charge is 0.400 e. The molecule has 0 aliphatic heterocycles. The third kappa shape index (κ3) is 10.5. The van der Waals surface area contributed by atoms with Crippen molar-refractivity contribution in [1.82, 2.24) is 10.6 Å². The third-order valence-electron chi connectivity index (χ3n) is 2.37. The van der Waals surface area contributed by atoms with Gasteiger partial charge in [0.15, 0.2) is 0 Å². The van der Waals surface area contributed by atoms with Crippen LogP contribution in [0.5, 0.6) is 0 Å². The number of hydrogen-bond donors (Lipinski definition) is 3. The van der Waals surface area contributed by atoms with Gasteiger partial charge >= 0.3 is 9.28 Å². The molecule has 0 aromatic heterocycles.